The Morgan fingerprint density at radius 3 is 2.51 bits per heavy atom. The van der Waals surface area contributed by atoms with Crippen molar-refractivity contribution in [1.82, 2.24) is 10.3 Å². The van der Waals surface area contributed by atoms with E-state index in [4.69, 9.17) is 39.8 Å². The molecule has 4 aromatic rings. The first kappa shape index (κ1) is 26.2. The zero-order valence-electron chi connectivity index (χ0n) is 21.9. The maximum atomic E-state index is 6.90. The van der Waals surface area contributed by atoms with Gasteiger partial charge in [0.15, 0.2) is 5.11 Å². The third kappa shape index (κ3) is 5.13. The molecule has 2 aromatic heterocycles. The lowest BCUT2D eigenvalue weighted by molar-refractivity contribution is 0.438. The van der Waals surface area contributed by atoms with Crippen molar-refractivity contribution in [3.05, 3.63) is 100.0 Å². The van der Waals surface area contributed by atoms with E-state index in [-0.39, 0.29) is 12.1 Å². The first-order valence-electron chi connectivity index (χ1n) is 13.3. The SMILES string of the molecule is Cc1ccc(-c2ccc([C@H]3[C@@H](c4ccccn4)NC(=S)N3c3ccc(N4CCC(C)CC4)c(Cl)c3)o2)cc1Cl. The average molecular weight is 578 g/mol. The smallest absolute Gasteiger partial charge is 0.174 e. The standard InChI is InChI=1S/C31H30Cl2N4OS/c1-19-12-15-36(16-13-19)26-9-8-22(18-24(26)33)37-30(29(35-31(37)39)25-5-3-4-14-34-25)28-11-10-27(38-28)21-7-6-20(2)23(32)17-21/h3-11,14,17-19,29-30H,12-13,15-16H2,1-2H3,(H,35,39)/t29-,30+/m1/s1. The summed E-state index contributed by atoms with van der Waals surface area (Å²) in [6.07, 6.45) is 4.16. The number of anilines is 2. The molecule has 2 atom stereocenters. The molecule has 0 saturated carbocycles. The van der Waals surface area contributed by atoms with Gasteiger partial charge in [-0.2, -0.15) is 0 Å². The minimum absolute atomic E-state index is 0.207. The molecule has 0 unspecified atom stereocenters. The lowest BCUT2D eigenvalue weighted by atomic mass is 9.98. The molecule has 4 heterocycles. The van der Waals surface area contributed by atoms with Crippen LogP contribution in [0.4, 0.5) is 11.4 Å². The second-order valence-corrected chi connectivity index (χ2v) is 11.7. The molecule has 0 aliphatic carbocycles. The Kier molecular flexibility index (Phi) is 7.27. The zero-order valence-corrected chi connectivity index (χ0v) is 24.2. The number of nitrogens with one attached hydrogen (secondary N) is 1. The van der Waals surface area contributed by atoms with E-state index in [1.807, 2.05) is 61.5 Å². The summed E-state index contributed by atoms with van der Waals surface area (Å²) in [6, 6.07) is 21.6. The van der Waals surface area contributed by atoms with Gasteiger partial charge in [0.1, 0.15) is 17.6 Å². The molecular formula is C31H30Cl2N4OS. The van der Waals surface area contributed by atoms with Crippen molar-refractivity contribution in [1.29, 1.82) is 0 Å². The van der Waals surface area contributed by atoms with Crippen LogP contribution >= 0.6 is 35.4 Å². The number of aryl methyl sites for hydroxylation is 1. The highest BCUT2D eigenvalue weighted by Gasteiger charge is 2.42. The maximum Gasteiger partial charge on any atom is 0.174 e. The molecule has 5 nitrogen and oxygen atoms in total. The molecule has 39 heavy (non-hydrogen) atoms. The quantitative estimate of drug-likeness (QED) is 0.241. The van der Waals surface area contributed by atoms with Gasteiger partial charge in [0.25, 0.3) is 0 Å². The third-order valence-corrected chi connectivity index (χ3v) is 8.83. The number of hydrogen-bond donors (Lipinski definition) is 1. The Morgan fingerprint density at radius 2 is 1.79 bits per heavy atom. The number of benzene rings is 2. The number of furan rings is 1. The molecule has 1 N–H and O–H groups in total. The Balaban J connectivity index is 1.38. The second kappa shape index (κ2) is 10.8. The van der Waals surface area contributed by atoms with Crippen LogP contribution in [-0.4, -0.2) is 23.2 Å². The van der Waals surface area contributed by atoms with Gasteiger partial charge >= 0.3 is 0 Å². The summed E-state index contributed by atoms with van der Waals surface area (Å²) in [5, 5.41) is 5.53. The lowest BCUT2D eigenvalue weighted by Gasteiger charge is -2.33. The van der Waals surface area contributed by atoms with Gasteiger partial charge in [-0.15, -0.1) is 0 Å². The summed E-state index contributed by atoms with van der Waals surface area (Å²) in [5.41, 5.74) is 4.81. The number of rotatable bonds is 5. The van der Waals surface area contributed by atoms with E-state index in [1.165, 1.54) is 12.8 Å². The summed E-state index contributed by atoms with van der Waals surface area (Å²) >= 11 is 19.2. The van der Waals surface area contributed by atoms with Crippen LogP contribution in [0.25, 0.3) is 11.3 Å². The fourth-order valence-electron chi connectivity index (χ4n) is 5.49. The highest BCUT2D eigenvalue weighted by Crippen LogP contribution is 2.44. The Morgan fingerprint density at radius 1 is 0.974 bits per heavy atom. The summed E-state index contributed by atoms with van der Waals surface area (Å²) in [4.78, 5) is 9.12. The topological polar surface area (TPSA) is 44.5 Å². The molecule has 8 heteroatoms. The number of pyridine rings is 1. The predicted molar refractivity (Wildman–Crippen MR) is 164 cm³/mol. The summed E-state index contributed by atoms with van der Waals surface area (Å²) in [6.45, 7) is 6.34. The average Bonchev–Trinajstić information content (AvgIpc) is 3.56. The largest absolute Gasteiger partial charge is 0.459 e. The van der Waals surface area contributed by atoms with E-state index in [2.05, 4.69) is 39.2 Å². The molecule has 2 aliphatic rings. The first-order chi connectivity index (χ1) is 18.9. The fourth-order valence-corrected chi connectivity index (χ4v) is 6.31. The summed E-state index contributed by atoms with van der Waals surface area (Å²) < 4.78 is 6.49. The molecule has 200 valence electrons. The molecule has 2 fully saturated rings. The van der Waals surface area contributed by atoms with E-state index >= 15 is 0 Å². The van der Waals surface area contributed by atoms with Gasteiger partial charge in [-0.3, -0.25) is 4.98 Å². The van der Waals surface area contributed by atoms with Crippen LogP contribution in [0.3, 0.4) is 0 Å². The number of aromatic nitrogens is 1. The highest BCUT2D eigenvalue weighted by molar-refractivity contribution is 7.80. The molecule has 0 spiro atoms. The molecule has 6 rings (SSSR count). The summed E-state index contributed by atoms with van der Waals surface area (Å²) in [5.74, 6) is 2.28. The van der Waals surface area contributed by atoms with Crippen LogP contribution < -0.4 is 15.1 Å². The lowest BCUT2D eigenvalue weighted by Crippen LogP contribution is -2.33. The number of thiocarbonyl (C=S) groups is 1. The van der Waals surface area contributed by atoms with Crippen molar-refractivity contribution < 1.29 is 4.42 Å². The van der Waals surface area contributed by atoms with E-state index in [1.54, 1.807) is 6.20 Å². The Bertz CT molecular complexity index is 1500. The van der Waals surface area contributed by atoms with Crippen molar-refractivity contribution in [3.63, 3.8) is 0 Å². The molecule has 2 aliphatic heterocycles. The van der Waals surface area contributed by atoms with Crippen molar-refractivity contribution >= 4 is 51.9 Å². The van der Waals surface area contributed by atoms with Crippen LogP contribution in [-0.2, 0) is 0 Å². The van der Waals surface area contributed by atoms with E-state index in [0.29, 0.717) is 10.1 Å². The normalized spacial score (nSPS) is 19.9. The van der Waals surface area contributed by atoms with Crippen LogP contribution in [0.1, 0.15) is 48.9 Å². The van der Waals surface area contributed by atoms with E-state index < -0.39 is 0 Å². The molecular weight excluding hydrogens is 547 g/mol. The zero-order chi connectivity index (χ0) is 27.1. The van der Waals surface area contributed by atoms with E-state index in [9.17, 15) is 0 Å². The predicted octanol–water partition coefficient (Wildman–Crippen LogP) is 8.37. The Hall–Kier alpha value is -3.06. The van der Waals surface area contributed by atoms with Gasteiger partial charge in [0.05, 0.1) is 22.4 Å². The maximum absolute atomic E-state index is 6.90. The minimum atomic E-state index is -0.264. The van der Waals surface area contributed by atoms with Crippen LogP contribution in [0, 0.1) is 12.8 Å². The van der Waals surface area contributed by atoms with Crippen LogP contribution in [0.5, 0.6) is 0 Å². The van der Waals surface area contributed by atoms with Gasteiger partial charge in [0.2, 0.25) is 0 Å². The summed E-state index contributed by atoms with van der Waals surface area (Å²) in [7, 11) is 0. The Labute approximate surface area is 244 Å². The van der Waals surface area contributed by atoms with Gasteiger partial charge < -0.3 is 19.5 Å². The van der Waals surface area contributed by atoms with Crippen LogP contribution in [0.15, 0.2) is 77.3 Å². The minimum Gasteiger partial charge on any atom is -0.459 e. The molecule has 0 bridgehead atoms. The highest BCUT2D eigenvalue weighted by atomic mass is 35.5. The number of piperidine rings is 1. The van der Waals surface area contributed by atoms with Crippen LogP contribution in [0.2, 0.25) is 10.0 Å². The van der Waals surface area contributed by atoms with Crippen molar-refractivity contribution in [2.24, 2.45) is 5.92 Å². The first-order valence-corrected chi connectivity index (χ1v) is 14.5. The molecule has 0 amide bonds. The van der Waals surface area contributed by atoms with Crippen molar-refractivity contribution in [2.75, 3.05) is 22.9 Å². The van der Waals surface area contributed by atoms with E-state index in [0.717, 1.165) is 63.7 Å². The molecule has 0 radical (unpaired) electrons. The number of halogens is 2. The van der Waals surface area contributed by atoms with Crippen molar-refractivity contribution in [2.45, 2.75) is 38.8 Å². The second-order valence-electron chi connectivity index (χ2n) is 10.5. The monoisotopic (exact) mass is 576 g/mol. The fraction of sp³-hybridized carbons (Fsp3) is 0.290. The van der Waals surface area contributed by atoms with Gasteiger partial charge in [-0.05, 0) is 92.0 Å². The number of nitrogens with zero attached hydrogens (tertiary/aromatic N) is 3. The number of hydrogen-bond acceptors (Lipinski definition) is 4. The molecule has 2 saturated heterocycles. The van der Waals surface area contributed by atoms with Gasteiger partial charge in [0, 0.05) is 35.6 Å². The third-order valence-electron chi connectivity index (χ3n) is 7.81. The van der Waals surface area contributed by atoms with Gasteiger partial charge in [-0.1, -0.05) is 48.3 Å². The van der Waals surface area contributed by atoms with Crippen molar-refractivity contribution in [3.8, 4) is 11.3 Å². The molecule has 2 aromatic carbocycles. The van der Waals surface area contributed by atoms with Gasteiger partial charge in [-0.25, -0.2) is 0 Å².